The fourth-order valence-corrected chi connectivity index (χ4v) is 13.0. The molecule has 0 rings (SSSR count). The minimum Gasteiger partial charge on any atom is -0.394 e. The zero-order valence-electron chi connectivity index (χ0n) is 52.4. The Morgan fingerprint density at radius 3 is 0.724 bits per heavy atom. The van der Waals surface area contributed by atoms with E-state index in [1.807, 2.05) is 0 Å². The second kappa shape index (κ2) is 56.7. The molecule has 0 aliphatic carbocycles. The van der Waals surface area contributed by atoms with Crippen LogP contribution in [0.1, 0.15) is 413 Å². The van der Waals surface area contributed by atoms with Crippen molar-refractivity contribution in [1.82, 2.24) is 0 Å². The van der Waals surface area contributed by atoms with Crippen LogP contribution in [0.25, 0.3) is 0 Å². The van der Waals surface area contributed by atoms with Crippen molar-refractivity contribution in [2.45, 2.75) is 436 Å². The van der Waals surface area contributed by atoms with Crippen LogP contribution in [0.15, 0.2) is 0 Å². The predicted molar refractivity (Wildman–Crippen MR) is 340 cm³/mol. The zero-order valence-corrected chi connectivity index (χ0v) is 53.2. The highest BCUT2D eigenvalue weighted by molar-refractivity contribution is 7.80. The molecule has 456 valence electrons. The van der Waals surface area contributed by atoms with Crippen LogP contribution in [-0.4, -0.2) is 59.9 Å². The van der Waals surface area contributed by atoms with E-state index in [0.29, 0.717) is 30.5 Å². The molecular weight excluding hydrogens is 953 g/mol. The van der Waals surface area contributed by atoms with Crippen molar-refractivity contribution in [2.75, 3.05) is 6.61 Å². The number of aliphatic hydroxyl groups is 5. The number of hydrogen-bond acceptors (Lipinski definition) is 6. The Hall–Kier alpha value is -0.110. The fraction of sp³-hybridized carbons (Fsp3) is 0.986. The number of hydrogen-bond donors (Lipinski definition) is 5. The smallest absolute Gasteiger partial charge is 0.129 e. The molecule has 0 radical (unpaired) electrons. The third-order valence-electron chi connectivity index (χ3n) is 18.0. The van der Waals surface area contributed by atoms with Crippen LogP contribution in [0.3, 0.4) is 0 Å². The van der Waals surface area contributed by atoms with Crippen LogP contribution in [-0.2, 0) is 0 Å². The minimum atomic E-state index is -2.10. The lowest BCUT2D eigenvalue weighted by Gasteiger charge is -2.55. The summed E-state index contributed by atoms with van der Waals surface area (Å²) in [5, 5.41) is 62.3. The molecule has 0 saturated carbocycles. The summed E-state index contributed by atoms with van der Waals surface area (Å²) in [6.07, 6.45) is 68.5. The van der Waals surface area contributed by atoms with Crippen molar-refractivity contribution in [3.05, 3.63) is 0 Å². The first-order chi connectivity index (χ1) is 37.1. The summed E-state index contributed by atoms with van der Waals surface area (Å²) < 4.78 is 0. The number of rotatable bonds is 65. The maximum Gasteiger partial charge on any atom is 0.129 e. The van der Waals surface area contributed by atoms with Crippen LogP contribution in [0, 0.1) is 0 Å². The summed E-state index contributed by atoms with van der Waals surface area (Å²) in [7, 11) is 0. The molecule has 0 aromatic carbocycles. The maximum atomic E-state index is 13.5. The van der Waals surface area contributed by atoms with Gasteiger partial charge in [0.05, 0.1) is 6.61 Å². The van der Waals surface area contributed by atoms with E-state index in [1.165, 1.54) is 270 Å². The molecule has 0 bridgehead atoms. The molecule has 6 heteroatoms. The molecule has 0 aliphatic heterocycles. The first-order valence-electron chi connectivity index (χ1n) is 35.1. The molecular formula is C70H140O5S. The van der Waals surface area contributed by atoms with Gasteiger partial charge in [-0.05, 0) is 32.1 Å². The quantitative estimate of drug-likeness (QED) is 0.0307. The molecule has 76 heavy (non-hydrogen) atoms. The van der Waals surface area contributed by atoms with Gasteiger partial charge in [-0.25, -0.2) is 0 Å². The van der Waals surface area contributed by atoms with E-state index >= 15 is 0 Å². The highest BCUT2D eigenvalue weighted by Gasteiger charge is 2.64. The van der Waals surface area contributed by atoms with E-state index in [4.69, 9.17) is 12.2 Å². The van der Waals surface area contributed by atoms with Gasteiger partial charge in [0.2, 0.25) is 0 Å². The van der Waals surface area contributed by atoms with Crippen LogP contribution < -0.4 is 0 Å². The van der Waals surface area contributed by atoms with E-state index in [1.54, 1.807) is 0 Å². The van der Waals surface area contributed by atoms with Crippen molar-refractivity contribution in [2.24, 2.45) is 0 Å². The lowest BCUT2D eigenvalue weighted by Crippen LogP contribution is -2.74. The van der Waals surface area contributed by atoms with Gasteiger partial charge in [0.15, 0.2) is 0 Å². The van der Waals surface area contributed by atoms with Gasteiger partial charge in [-0.2, -0.15) is 0 Å². The summed E-state index contributed by atoms with van der Waals surface area (Å²) in [6, 6.07) is 0. The normalized spacial score (nSPS) is 14.8. The summed E-state index contributed by atoms with van der Waals surface area (Å²) in [5.74, 6) is 0. The minimum absolute atomic E-state index is 0.129. The summed E-state index contributed by atoms with van der Waals surface area (Å²) in [6.45, 7) is 8.46. The Labute approximate surface area is 482 Å². The molecule has 0 spiro atoms. The Kier molecular flexibility index (Phi) is 56.7. The highest BCUT2D eigenvalue weighted by atomic mass is 32.1. The molecule has 0 aliphatic rings. The molecule has 4 atom stereocenters. The van der Waals surface area contributed by atoms with Gasteiger partial charge < -0.3 is 25.5 Å². The monoisotopic (exact) mass is 1090 g/mol. The fourth-order valence-electron chi connectivity index (χ4n) is 12.6. The SMILES string of the molecule is CCCCCCCCCCCCCCCCC(=S)[C@@](O)(CCCCCCCCCCCCCCCC)[C@](O)(CCCCCCCCCCCCCCCC)[C@@](O)(CCCCCCCCCCCCCCCC)[C@H](O)CO. The summed E-state index contributed by atoms with van der Waals surface area (Å²) in [4.78, 5) is 0.443. The van der Waals surface area contributed by atoms with Gasteiger partial charge in [-0.15, -0.1) is 0 Å². The number of thiocarbonyl (C=S) groups is 1. The first kappa shape index (κ1) is 75.9. The Balaban J connectivity index is 5.93. The Bertz CT molecular complexity index is 1170. The van der Waals surface area contributed by atoms with Gasteiger partial charge in [0.1, 0.15) is 22.9 Å². The van der Waals surface area contributed by atoms with E-state index in [0.717, 1.165) is 70.6 Å². The second-order valence-corrected chi connectivity index (χ2v) is 25.6. The molecule has 0 aromatic rings. The molecule has 0 aromatic heterocycles. The molecule has 0 heterocycles. The molecule has 0 amide bonds. The maximum absolute atomic E-state index is 13.5. The van der Waals surface area contributed by atoms with E-state index in [-0.39, 0.29) is 19.3 Å². The largest absolute Gasteiger partial charge is 0.394 e. The second-order valence-electron chi connectivity index (χ2n) is 25.2. The van der Waals surface area contributed by atoms with Crippen LogP contribution in [0.5, 0.6) is 0 Å². The van der Waals surface area contributed by atoms with Gasteiger partial charge >= 0.3 is 0 Å². The summed E-state index contributed by atoms with van der Waals surface area (Å²) >= 11 is 6.31. The van der Waals surface area contributed by atoms with Crippen molar-refractivity contribution >= 4 is 17.1 Å². The predicted octanol–water partition coefficient (Wildman–Crippen LogP) is 22.4. The van der Waals surface area contributed by atoms with Gasteiger partial charge in [0.25, 0.3) is 0 Å². The van der Waals surface area contributed by atoms with Crippen molar-refractivity contribution in [3.63, 3.8) is 0 Å². The lowest BCUT2D eigenvalue weighted by atomic mass is 9.61. The third-order valence-corrected chi connectivity index (χ3v) is 18.6. The van der Waals surface area contributed by atoms with Crippen LogP contribution in [0.2, 0.25) is 0 Å². The molecule has 5 nitrogen and oxygen atoms in total. The third kappa shape index (κ3) is 40.1. The molecule has 5 N–H and O–H groups in total. The van der Waals surface area contributed by atoms with Crippen molar-refractivity contribution in [3.8, 4) is 0 Å². The number of unbranched alkanes of at least 4 members (excludes halogenated alkanes) is 52. The average Bonchev–Trinajstić information content (AvgIpc) is 3.42. The van der Waals surface area contributed by atoms with Gasteiger partial charge in [-0.3, -0.25) is 0 Å². The first-order valence-corrected chi connectivity index (χ1v) is 35.5. The van der Waals surface area contributed by atoms with Crippen LogP contribution >= 0.6 is 12.2 Å². The van der Waals surface area contributed by atoms with E-state index < -0.39 is 29.5 Å². The molecule has 0 fully saturated rings. The highest BCUT2D eigenvalue weighted by Crippen LogP contribution is 2.47. The molecule has 0 unspecified atom stereocenters. The molecule has 0 saturated heterocycles. The summed E-state index contributed by atoms with van der Waals surface area (Å²) in [5.41, 5.74) is -6.04. The van der Waals surface area contributed by atoms with Gasteiger partial charge in [-0.1, -0.05) is 393 Å². The topological polar surface area (TPSA) is 101 Å². The number of aliphatic hydroxyl groups excluding tert-OH is 2. The van der Waals surface area contributed by atoms with Crippen molar-refractivity contribution in [1.29, 1.82) is 0 Å². The van der Waals surface area contributed by atoms with Crippen molar-refractivity contribution < 1.29 is 25.5 Å². The average molecular weight is 1090 g/mol. The van der Waals surface area contributed by atoms with Gasteiger partial charge in [0, 0.05) is 4.86 Å². The standard InChI is InChI=1S/C70H140O5S/c1-5-9-13-17-21-25-29-33-37-41-45-49-53-57-61-67(76)69(74,63-59-55-51-47-43-39-35-31-27-23-19-15-11-7-3)70(75,64-60-56-52-48-44-40-36-32-28-24-20-16-12-8-4)68(73,66(72)65-71)62-58-54-50-46-42-38-34-30-26-22-18-14-10-6-2/h66,71-75H,5-65H2,1-4H3/t66-,68-,69+,70+/m1/s1. The van der Waals surface area contributed by atoms with E-state index in [2.05, 4.69) is 27.7 Å². The van der Waals surface area contributed by atoms with E-state index in [9.17, 15) is 25.5 Å². The zero-order chi connectivity index (χ0) is 55.8. The Morgan fingerprint density at radius 2 is 0.487 bits per heavy atom. The van der Waals surface area contributed by atoms with Crippen LogP contribution in [0.4, 0.5) is 0 Å². The Morgan fingerprint density at radius 1 is 0.289 bits per heavy atom. The lowest BCUT2D eigenvalue weighted by molar-refractivity contribution is -0.267.